The Labute approximate surface area is 147 Å². The van der Waals surface area contributed by atoms with Crippen LogP contribution in [-0.4, -0.2) is 28.6 Å². The molecular weight excluding hydrogens is 324 g/mol. The van der Waals surface area contributed by atoms with Crippen molar-refractivity contribution in [2.75, 3.05) is 13.1 Å². The maximum Gasteiger partial charge on any atom is 0.319 e. The van der Waals surface area contributed by atoms with Crippen LogP contribution in [0.4, 0.5) is 8.78 Å². The van der Waals surface area contributed by atoms with Gasteiger partial charge in [0, 0.05) is 30.9 Å². The van der Waals surface area contributed by atoms with Crippen LogP contribution in [0.2, 0.25) is 0 Å². The second-order valence-electron chi connectivity index (χ2n) is 6.33. The standard InChI is InChI=1S/C18H25F2N5/c1-4-21-17(23-12-15-22-10-11-25(15)16(19)20)24-13-18(2,3)14-8-6-5-7-9-14/h5-11,16H,4,12-13H2,1-3H3,(H2,21,23,24). The number of aliphatic imine (C=N–C) groups is 1. The maximum atomic E-state index is 12.9. The summed E-state index contributed by atoms with van der Waals surface area (Å²) in [4.78, 5) is 8.32. The van der Waals surface area contributed by atoms with Crippen molar-refractivity contribution in [3.63, 3.8) is 0 Å². The first-order valence-electron chi connectivity index (χ1n) is 8.31. The molecule has 0 atom stereocenters. The van der Waals surface area contributed by atoms with Gasteiger partial charge in [0.1, 0.15) is 12.4 Å². The van der Waals surface area contributed by atoms with Crippen molar-refractivity contribution in [1.29, 1.82) is 0 Å². The highest BCUT2D eigenvalue weighted by Crippen LogP contribution is 2.21. The van der Waals surface area contributed by atoms with Crippen molar-refractivity contribution in [2.24, 2.45) is 4.99 Å². The fourth-order valence-electron chi connectivity index (χ4n) is 2.43. The van der Waals surface area contributed by atoms with Crippen molar-refractivity contribution in [3.8, 4) is 0 Å². The zero-order valence-electron chi connectivity index (χ0n) is 14.8. The Hall–Kier alpha value is -2.44. The molecule has 2 aromatic rings. The fraction of sp³-hybridized carbons (Fsp3) is 0.444. The van der Waals surface area contributed by atoms with E-state index in [1.165, 1.54) is 18.0 Å². The molecule has 0 amide bonds. The Balaban J connectivity index is 2.04. The summed E-state index contributed by atoms with van der Waals surface area (Å²) in [6, 6.07) is 10.2. The van der Waals surface area contributed by atoms with Crippen molar-refractivity contribution in [2.45, 2.75) is 39.3 Å². The predicted octanol–water partition coefficient (Wildman–Crippen LogP) is 3.31. The van der Waals surface area contributed by atoms with E-state index in [0.29, 0.717) is 19.0 Å². The van der Waals surface area contributed by atoms with Gasteiger partial charge >= 0.3 is 6.55 Å². The molecule has 0 unspecified atom stereocenters. The van der Waals surface area contributed by atoms with E-state index in [9.17, 15) is 8.78 Å². The monoisotopic (exact) mass is 349 g/mol. The third kappa shape index (κ3) is 5.27. The summed E-state index contributed by atoms with van der Waals surface area (Å²) in [5.74, 6) is 0.810. The predicted molar refractivity (Wildman–Crippen MR) is 95.8 cm³/mol. The summed E-state index contributed by atoms with van der Waals surface area (Å²) in [5, 5.41) is 6.42. The topological polar surface area (TPSA) is 54.2 Å². The first-order valence-corrected chi connectivity index (χ1v) is 8.31. The molecule has 0 saturated carbocycles. The number of aromatic nitrogens is 2. The van der Waals surface area contributed by atoms with Gasteiger partial charge in [-0.3, -0.25) is 4.57 Å². The molecule has 0 aliphatic rings. The molecule has 0 bridgehead atoms. The Morgan fingerprint density at radius 2 is 1.96 bits per heavy atom. The second kappa shape index (κ2) is 8.60. The number of rotatable bonds is 7. The first-order chi connectivity index (χ1) is 11.9. The van der Waals surface area contributed by atoms with Crippen molar-refractivity contribution in [1.82, 2.24) is 20.2 Å². The summed E-state index contributed by atoms with van der Waals surface area (Å²) in [7, 11) is 0. The molecule has 0 radical (unpaired) electrons. The third-order valence-electron chi connectivity index (χ3n) is 3.94. The molecule has 0 aliphatic heterocycles. The lowest BCUT2D eigenvalue weighted by Crippen LogP contribution is -2.43. The zero-order chi connectivity index (χ0) is 18.3. The average molecular weight is 349 g/mol. The SMILES string of the molecule is CCNC(=NCc1nccn1C(F)F)NCC(C)(C)c1ccccc1. The molecule has 1 heterocycles. The van der Waals surface area contributed by atoms with E-state index >= 15 is 0 Å². The molecule has 5 nitrogen and oxygen atoms in total. The van der Waals surface area contributed by atoms with Gasteiger partial charge in [-0.15, -0.1) is 0 Å². The van der Waals surface area contributed by atoms with E-state index in [0.717, 1.165) is 4.57 Å². The number of imidazole rings is 1. The second-order valence-corrected chi connectivity index (χ2v) is 6.33. The van der Waals surface area contributed by atoms with Gasteiger partial charge in [0.15, 0.2) is 5.96 Å². The van der Waals surface area contributed by atoms with Gasteiger partial charge in [-0.2, -0.15) is 8.78 Å². The summed E-state index contributed by atoms with van der Waals surface area (Å²) >= 11 is 0. The van der Waals surface area contributed by atoms with Crippen LogP contribution in [0.3, 0.4) is 0 Å². The van der Waals surface area contributed by atoms with Crippen LogP contribution in [0.5, 0.6) is 0 Å². The highest BCUT2D eigenvalue weighted by molar-refractivity contribution is 5.79. The van der Waals surface area contributed by atoms with Crippen LogP contribution >= 0.6 is 0 Å². The van der Waals surface area contributed by atoms with E-state index in [1.54, 1.807) is 0 Å². The number of benzene rings is 1. The van der Waals surface area contributed by atoms with E-state index < -0.39 is 6.55 Å². The lowest BCUT2D eigenvalue weighted by molar-refractivity contribution is 0.0671. The summed E-state index contributed by atoms with van der Waals surface area (Å²) in [6.07, 6.45) is 2.62. The van der Waals surface area contributed by atoms with E-state index in [4.69, 9.17) is 0 Å². The number of hydrogen-bond acceptors (Lipinski definition) is 2. The quantitative estimate of drug-likeness (QED) is 0.596. The molecule has 7 heteroatoms. The minimum atomic E-state index is -2.61. The number of alkyl halides is 2. The number of nitrogens with one attached hydrogen (secondary N) is 2. The number of halogens is 2. The minimum absolute atomic E-state index is 0.0818. The molecule has 1 aromatic carbocycles. The van der Waals surface area contributed by atoms with Gasteiger partial charge in [-0.1, -0.05) is 44.2 Å². The Morgan fingerprint density at radius 3 is 2.60 bits per heavy atom. The lowest BCUT2D eigenvalue weighted by atomic mass is 9.85. The van der Waals surface area contributed by atoms with Crippen molar-refractivity contribution in [3.05, 3.63) is 54.1 Å². The van der Waals surface area contributed by atoms with E-state index in [-0.39, 0.29) is 17.8 Å². The highest BCUT2D eigenvalue weighted by Gasteiger charge is 2.20. The molecule has 136 valence electrons. The Kier molecular flexibility index (Phi) is 6.50. The zero-order valence-corrected chi connectivity index (χ0v) is 14.8. The average Bonchev–Trinajstić information content (AvgIpc) is 3.07. The maximum absolute atomic E-state index is 12.9. The van der Waals surface area contributed by atoms with Gasteiger partial charge in [-0.25, -0.2) is 9.98 Å². The molecule has 0 saturated heterocycles. The summed E-state index contributed by atoms with van der Waals surface area (Å²) in [5.41, 5.74) is 1.12. The van der Waals surface area contributed by atoms with Gasteiger partial charge in [0.2, 0.25) is 0 Å². The molecule has 2 N–H and O–H groups in total. The molecule has 1 aromatic heterocycles. The van der Waals surface area contributed by atoms with Crippen LogP contribution in [0.1, 0.15) is 38.7 Å². The van der Waals surface area contributed by atoms with Crippen molar-refractivity contribution < 1.29 is 8.78 Å². The Morgan fingerprint density at radius 1 is 1.24 bits per heavy atom. The largest absolute Gasteiger partial charge is 0.357 e. The minimum Gasteiger partial charge on any atom is -0.357 e. The molecule has 0 fully saturated rings. The number of guanidine groups is 1. The van der Waals surface area contributed by atoms with Crippen LogP contribution in [0.25, 0.3) is 0 Å². The van der Waals surface area contributed by atoms with Gasteiger partial charge in [0.05, 0.1) is 0 Å². The van der Waals surface area contributed by atoms with Gasteiger partial charge in [0.25, 0.3) is 0 Å². The van der Waals surface area contributed by atoms with Crippen molar-refractivity contribution >= 4 is 5.96 Å². The normalized spacial score (nSPS) is 12.5. The highest BCUT2D eigenvalue weighted by atomic mass is 19.3. The fourth-order valence-corrected chi connectivity index (χ4v) is 2.43. The summed E-state index contributed by atoms with van der Waals surface area (Å²) < 4.78 is 26.6. The molecule has 25 heavy (non-hydrogen) atoms. The van der Waals surface area contributed by atoms with E-state index in [1.807, 2.05) is 25.1 Å². The Bertz CT molecular complexity index is 680. The van der Waals surface area contributed by atoms with Crippen LogP contribution in [-0.2, 0) is 12.0 Å². The van der Waals surface area contributed by atoms with Gasteiger partial charge in [-0.05, 0) is 12.5 Å². The van der Waals surface area contributed by atoms with E-state index in [2.05, 4.69) is 46.6 Å². The molecule has 0 aliphatic carbocycles. The number of nitrogens with zero attached hydrogens (tertiary/aromatic N) is 3. The first kappa shape index (κ1) is 18.9. The van der Waals surface area contributed by atoms with Gasteiger partial charge < -0.3 is 10.6 Å². The lowest BCUT2D eigenvalue weighted by Gasteiger charge is -2.26. The molecule has 2 rings (SSSR count). The molecular formula is C18H25F2N5. The third-order valence-corrected chi connectivity index (χ3v) is 3.94. The molecule has 0 spiro atoms. The summed E-state index contributed by atoms with van der Waals surface area (Å²) in [6.45, 7) is 5.05. The number of hydrogen-bond donors (Lipinski definition) is 2. The van der Waals surface area contributed by atoms with Crippen LogP contribution < -0.4 is 10.6 Å². The smallest absolute Gasteiger partial charge is 0.319 e. The van der Waals surface area contributed by atoms with Crippen LogP contribution in [0, 0.1) is 0 Å². The van der Waals surface area contributed by atoms with Crippen LogP contribution in [0.15, 0.2) is 47.7 Å².